The number of piperazine rings is 1. The van der Waals surface area contributed by atoms with Crippen molar-refractivity contribution in [1.29, 1.82) is 0 Å². The molecule has 1 aromatic rings. The second kappa shape index (κ2) is 8.78. The molecule has 0 bridgehead atoms. The van der Waals surface area contributed by atoms with E-state index in [2.05, 4.69) is 10.2 Å². The van der Waals surface area contributed by atoms with Crippen molar-refractivity contribution in [2.75, 3.05) is 26.2 Å². The van der Waals surface area contributed by atoms with E-state index in [9.17, 15) is 14.5 Å². The standard InChI is InChI=1S/C15H20FN3O2.2ClH/c16-12-3-4-13(15(10-12)19(20)21)14(9-11-1-2-11)18-7-5-17-6-8-18;;/h3-4,10-11,14,17H,1-2,5-9H2;2*1H/t14-;;/m0../s1. The van der Waals surface area contributed by atoms with Crippen molar-refractivity contribution >= 4 is 30.5 Å². The number of nitro groups is 1. The van der Waals surface area contributed by atoms with Crippen LogP contribution in [-0.2, 0) is 0 Å². The molecular formula is C15H22Cl2FN3O2. The molecule has 0 unspecified atom stereocenters. The minimum absolute atomic E-state index is 0. The largest absolute Gasteiger partial charge is 0.314 e. The summed E-state index contributed by atoms with van der Waals surface area (Å²) in [6, 6.07) is 4.02. The quantitative estimate of drug-likeness (QED) is 0.642. The predicted octanol–water partition coefficient (Wildman–Crippen LogP) is 3.32. The third kappa shape index (κ3) is 5.01. The smallest absolute Gasteiger partial charge is 0.277 e. The van der Waals surface area contributed by atoms with Crippen LogP contribution in [0.25, 0.3) is 0 Å². The molecule has 1 saturated heterocycles. The molecule has 2 aliphatic rings. The number of benzene rings is 1. The van der Waals surface area contributed by atoms with Gasteiger partial charge in [-0.25, -0.2) is 4.39 Å². The lowest BCUT2D eigenvalue weighted by Crippen LogP contribution is -2.45. The van der Waals surface area contributed by atoms with Gasteiger partial charge < -0.3 is 5.32 Å². The molecule has 5 nitrogen and oxygen atoms in total. The highest BCUT2D eigenvalue weighted by Gasteiger charge is 2.34. The number of hydrogen-bond donors (Lipinski definition) is 1. The second-order valence-corrected chi connectivity index (χ2v) is 5.94. The average Bonchev–Trinajstić information content (AvgIpc) is 3.30. The molecular weight excluding hydrogens is 344 g/mol. The zero-order valence-electron chi connectivity index (χ0n) is 12.7. The molecule has 3 rings (SSSR count). The van der Waals surface area contributed by atoms with Gasteiger partial charge in [-0.15, -0.1) is 24.8 Å². The molecule has 1 atom stereocenters. The third-order valence-electron chi connectivity index (χ3n) is 4.39. The molecule has 130 valence electrons. The Labute approximate surface area is 147 Å². The summed E-state index contributed by atoms with van der Waals surface area (Å²) in [5.41, 5.74) is 0.578. The van der Waals surface area contributed by atoms with Crippen molar-refractivity contribution in [3.05, 3.63) is 39.7 Å². The normalized spacial score (nSPS) is 19.3. The van der Waals surface area contributed by atoms with Crippen LogP contribution in [0.1, 0.15) is 30.9 Å². The number of nitro benzene ring substituents is 1. The minimum Gasteiger partial charge on any atom is -0.314 e. The van der Waals surface area contributed by atoms with Crippen molar-refractivity contribution < 1.29 is 9.31 Å². The van der Waals surface area contributed by atoms with E-state index >= 15 is 0 Å². The Morgan fingerprint density at radius 1 is 1.30 bits per heavy atom. The molecule has 1 aliphatic heterocycles. The summed E-state index contributed by atoms with van der Waals surface area (Å²) in [4.78, 5) is 13.1. The monoisotopic (exact) mass is 365 g/mol. The predicted molar refractivity (Wildman–Crippen MR) is 92.1 cm³/mol. The van der Waals surface area contributed by atoms with Gasteiger partial charge >= 0.3 is 0 Å². The first-order chi connectivity index (χ1) is 10.1. The van der Waals surface area contributed by atoms with E-state index in [-0.39, 0.29) is 36.5 Å². The summed E-state index contributed by atoms with van der Waals surface area (Å²) in [6.07, 6.45) is 3.35. The van der Waals surface area contributed by atoms with Gasteiger partial charge in [0.2, 0.25) is 0 Å². The van der Waals surface area contributed by atoms with Crippen LogP contribution in [-0.4, -0.2) is 36.0 Å². The van der Waals surface area contributed by atoms with E-state index in [0.29, 0.717) is 11.5 Å². The van der Waals surface area contributed by atoms with Gasteiger partial charge in [-0.1, -0.05) is 12.8 Å². The van der Waals surface area contributed by atoms with E-state index in [1.54, 1.807) is 6.07 Å². The van der Waals surface area contributed by atoms with Crippen LogP contribution in [0.3, 0.4) is 0 Å². The molecule has 1 heterocycles. The molecule has 0 radical (unpaired) electrons. The molecule has 1 aliphatic carbocycles. The zero-order chi connectivity index (χ0) is 14.8. The Hall–Kier alpha value is -0.950. The van der Waals surface area contributed by atoms with Gasteiger partial charge in [0.25, 0.3) is 5.69 Å². The average molecular weight is 366 g/mol. The second-order valence-electron chi connectivity index (χ2n) is 5.94. The maximum Gasteiger partial charge on any atom is 0.277 e. The summed E-state index contributed by atoms with van der Waals surface area (Å²) in [5.74, 6) is 0.116. The Bertz CT molecular complexity index is 537. The minimum atomic E-state index is -0.545. The lowest BCUT2D eigenvalue weighted by atomic mass is 9.97. The van der Waals surface area contributed by atoms with Gasteiger partial charge in [-0.2, -0.15) is 0 Å². The van der Waals surface area contributed by atoms with E-state index in [0.717, 1.165) is 38.7 Å². The highest BCUT2D eigenvalue weighted by molar-refractivity contribution is 5.85. The van der Waals surface area contributed by atoms with Crippen LogP contribution in [0.2, 0.25) is 0 Å². The molecule has 1 N–H and O–H groups in total. The lowest BCUT2D eigenvalue weighted by Gasteiger charge is -2.35. The maximum absolute atomic E-state index is 13.4. The molecule has 0 aromatic heterocycles. The summed E-state index contributed by atoms with van der Waals surface area (Å²) < 4.78 is 13.4. The number of nitrogens with one attached hydrogen (secondary N) is 1. The van der Waals surface area contributed by atoms with Crippen LogP contribution in [0, 0.1) is 21.8 Å². The van der Waals surface area contributed by atoms with E-state index in [1.165, 1.54) is 18.9 Å². The first-order valence-electron chi connectivity index (χ1n) is 7.54. The van der Waals surface area contributed by atoms with E-state index in [1.807, 2.05) is 0 Å². The van der Waals surface area contributed by atoms with Gasteiger partial charge in [0.05, 0.1) is 11.0 Å². The molecule has 0 spiro atoms. The SMILES string of the molecule is Cl.Cl.O=[N+]([O-])c1cc(F)ccc1[C@H](CC1CC1)N1CCNCC1. The molecule has 1 aromatic carbocycles. The third-order valence-corrected chi connectivity index (χ3v) is 4.39. The fraction of sp³-hybridized carbons (Fsp3) is 0.600. The Balaban J connectivity index is 0.00000132. The van der Waals surface area contributed by atoms with Crippen LogP contribution >= 0.6 is 24.8 Å². The van der Waals surface area contributed by atoms with Crippen molar-refractivity contribution in [2.24, 2.45) is 5.92 Å². The highest BCUT2D eigenvalue weighted by atomic mass is 35.5. The van der Waals surface area contributed by atoms with E-state index < -0.39 is 10.7 Å². The zero-order valence-corrected chi connectivity index (χ0v) is 14.4. The fourth-order valence-corrected chi connectivity index (χ4v) is 3.09. The Morgan fingerprint density at radius 3 is 2.52 bits per heavy atom. The highest BCUT2D eigenvalue weighted by Crippen LogP contribution is 2.42. The van der Waals surface area contributed by atoms with Gasteiger partial charge in [-0.05, 0) is 24.5 Å². The molecule has 2 fully saturated rings. The first-order valence-corrected chi connectivity index (χ1v) is 7.54. The van der Waals surface area contributed by atoms with Crippen molar-refractivity contribution in [3.8, 4) is 0 Å². The molecule has 0 amide bonds. The Morgan fingerprint density at radius 2 is 1.96 bits per heavy atom. The lowest BCUT2D eigenvalue weighted by molar-refractivity contribution is -0.386. The Kier molecular flexibility index (Phi) is 7.67. The molecule has 1 saturated carbocycles. The van der Waals surface area contributed by atoms with Gasteiger partial charge in [-0.3, -0.25) is 15.0 Å². The van der Waals surface area contributed by atoms with Crippen LogP contribution in [0.15, 0.2) is 18.2 Å². The topological polar surface area (TPSA) is 58.4 Å². The number of nitrogens with zero attached hydrogens (tertiary/aromatic N) is 2. The van der Waals surface area contributed by atoms with E-state index in [4.69, 9.17) is 0 Å². The molecule has 8 heteroatoms. The first kappa shape index (κ1) is 20.1. The molecule has 23 heavy (non-hydrogen) atoms. The summed E-state index contributed by atoms with van der Waals surface area (Å²) in [7, 11) is 0. The van der Waals surface area contributed by atoms with Gasteiger partial charge in [0.15, 0.2) is 0 Å². The number of hydrogen-bond acceptors (Lipinski definition) is 4. The van der Waals surface area contributed by atoms with Crippen LogP contribution in [0.5, 0.6) is 0 Å². The summed E-state index contributed by atoms with van der Waals surface area (Å²) in [6.45, 7) is 3.56. The fourth-order valence-electron chi connectivity index (χ4n) is 3.09. The summed E-state index contributed by atoms with van der Waals surface area (Å²) >= 11 is 0. The van der Waals surface area contributed by atoms with Crippen molar-refractivity contribution in [1.82, 2.24) is 10.2 Å². The number of halogens is 3. The van der Waals surface area contributed by atoms with Crippen molar-refractivity contribution in [3.63, 3.8) is 0 Å². The van der Waals surface area contributed by atoms with Gasteiger partial charge in [0, 0.05) is 37.8 Å². The van der Waals surface area contributed by atoms with Crippen molar-refractivity contribution in [2.45, 2.75) is 25.3 Å². The number of rotatable bonds is 5. The summed E-state index contributed by atoms with van der Waals surface area (Å²) in [5, 5.41) is 14.6. The van der Waals surface area contributed by atoms with Crippen LogP contribution in [0.4, 0.5) is 10.1 Å². The maximum atomic E-state index is 13.4. The van der Waals surface area contributed by atoms with Crippen LogP contribution < -0.4 is 5.32 Å². The van der Waals surface area contributed by atoms with Gasteiger partial charge in [0.1, 0.15) is 5.82 Å².